The van der Waals surface area contributed by atoms with E-state index in [9.17, 15) is 19.5 Å². The van der Waals surface area contributed by atoms with Crippen LogP contribution in [0.5, 0.6) is 0 Å². The van der Waals surface area contributed by atoms with Crippen molar-refractivity contribution < 1.29 is 42.9 Å². The van der Waals surface area contributed by atoms with Gasteiger partial charge >= 0.3 is 11.9 Å². The molecule has 0 aliphatic rings. The number of aliphatic carboxylic acids is 1. The Morgan fingerprint density at radius 2 is 0.536 bits per heavy atom. The van der Waals surface area contributed by atoms with E-state index in [0.717, 1.165) is 38.5 Å². The van der Waals surface area contributed by atoms with Crippen molar-refractivity contribution in [3.8, 4) is 0 Å². The molecule has 0 fully saturated rings. The fourth-order valence-electron chi connectivity index (χ4n) is 11.8. The van der Waals surface area contributed by atoms with Gasteiger partial charge in [0, 0.05) is 12.8 Å². The van der Waals surface area contributed by atoms with Crippen molar-refractivity contribution >= 4 is 17.9 Å². The van der Waals surface area contributed by atoms with Gasteiger partial charge in [0.15, 0.2) is 12.4 Å². The normalized spacial score (nSPS) is 12.5. The Morgan fingerprint density at radius 3 is 0.762 bits per heavy atom. The van der Waals surface area contributed by atoms with E-state index in [1.807, 2.05) is 21.1 Å². The van der Waals surface area contributed by atoms with Crippen molar-refractivity contribution in [1.82, 2.24) is 0 Å². The van der Waals surface area contributed by atoms with Gasteiger partial charge < -0.3 is 33.3 Å². The van der Waals surface area contributed by atoms with Gasteiger partial charge in [0.25, 0.3) is 0 Å². The molecule has 0 amide bonds. The number of hydrogen-bond acceptors (Lipinski definition) is 8. The number of rotatable bonds is 72. The fraction of sp³-hybridized carbons (Fsp3) is 0.960. The maximum atomic E-state index is 12.9. The number of likely N-dealkylation sites (N-methyl/N-ethyl adjacent to an activating group) is 1. The molecule has 0 heterocycles. The van der Waals surface area contributed by atoms with Crippen LogP contribution in [0.2, 0.25) is 0 Å². The average molecular weight is 1190 g/mol. The van der Waals surface area contributed by atoms with Crippen molar-refractivity contribution in [2.45, 2.75) is 418 Å². The van der Waals surface area contributed by atoms with Gasteiger partial charge in [-0.05, 0) is 12.8 Å². The summed E-state index contributed by atoms with van der Waals surface area (Å²) in [5.41, 5.74) is 0. The molecule has 0 saturated heterocycles. The molecule has 0 aromatic rings. The van der Waals surface area contributed by atoms with Crippen molar-refractivity contribution in [2.24, 2.45) is 0 Å². The Balaban J connectivity index is 3.97. The molecule has 0 saturated carbocycles. The lowest BCUT2D eigenvalue weighted by molar-refractivity contribution is -0.870. The number of quaternary nitrogens is 1. The van der Waals surface area contributed by atoms with E-state index in [1.165, 1.54) is 340 Å². The summed E-state index contributed by atoms with van der Waals surface area (Å²) < 4.78 is 22.9. The van der Waals surface area contributed by atoms with Crippen LogP contribution in [0.4, 0.5) is 0 Å². The summed E-state index contributed by atoms with van der Waals surface area (Å²) >= 11 is 0. The third kappa shape index (κ3) is 67.8. The Bertz CT molecular complexity index is 1340. The summed E-state index contributed by atoms with van der Waals surface area (Å²) in [6.07, 6.45) is 77.9. The van der Waals surface area contributed by atoms with E-state index in [2.05, 4.69) is 13.8 Å². The smallest absolute Gasteiger partial charge is 0.306 e. The second-order valence-electron chi connectivity index (χ2n) is 27.3. The minimum absolute atomic E-state index is 0.154. The van der Waals surface area contributed by atoms with Gasteiger partial charge in [0.1, 0.15) is 13.2 Å². The van der Waals surface area contributed by atoms with Gasteiger partial charge in [0.05, 0.1) is 40.3 Å². The first-order valence-corrected chi connectivity index (χ1v) is 37.7. The van der Waals surface area contributed by atoms with Crippen LogP contribution in [-0.2, 0) is 33.3 Å². The predicted octanol–water partition coefficient (Wildman–Crippen LogP) is 22.1. The maximum absolute atomic E-state index is 12.9. The van der Waals surface area contributed by atoms with Gasteiger partial charge in [-0.3, -0.25) is 9.59 Å². The lowest BCUT2D eigenvalue weighted by Gasteiger charge is -2.26. The van der Waals surface area contributed by atoms with Crippen LogP contribution in [0.1, 0.15) is 406 Å². The highest BCUT2D eigenvalue weighted by Gasteiger charge is 2.22. The van der Waals surface area contributed by atoms with Crippen molar-refractivity contribution in [3.05, 3.63) is 0 Å². The highest BCUT2D eigenvalue weighted by molar-refractivity contribution is 5.70. The first-order valence-electron chi connectivity index (χ1n) is 37.7. The molecular weight excluding hydrogens is 1040 g/mol. The summed E-state index contributed by atoms with van der Waals surface area (Å²) in [6, 6.07) is 0. The maximum Gasteiger partial charge on any atom is 0.306 e. The number of nitrogens with zero attached hydrogens (tertiary/aromatic N) is 1. The van der Waals surface area contributed by atoms with Crippen molar-refractivity contribution in [3.63, 3.8) is 0 Å². The van der Waals surface area contributed by atoms with E-state index in [-0.39, 0.29) is 32.2 Å². The fourth-order valence-corrected chi connectivity index (χ4v) is 11.8. The molecule has 2 unspecified atom stereocenters. The van der Waals surface area contributed by atoms with Gasteiger partial charge in [-0.1, -0.05) is 380 Å². The molecule has 9 nitrogen and oxygen atoms in total. The quantitative estimate of drug-likeness (QED) is 0.0256. The minimum atomic E-state index is -1.62. The molecule has 0 spiro atoms. The van der Waals surface area contributed by atoms with Crippen LogP contribution < -0.4 is 5.11 Å². The second kappa shape index (κ2) is 67.2. The molecular formula is C75H147NO8. The molecule has 84 heavy (non-hydrogen) atoms. The highest BCUT2D eigenvalue weighted by atomic mass is 16.7. The second-order valence-corrected chi connectivity index (χ2v) is 27.3. The Hall–Kier alpha value is -1.71. The molecule has 0 aliphatic carbocycles. The van der Waals surface area contributed by atoms with Gasteiger partial charge in [-0.15, -0.1) is 0 Å². The lowest BCUT2D eigenvalue weighted by Crippen LogP contribution is -2.44. The zero-order valence-corrected chi connectivity index (χ0v) is 57.3. The van der Waals surface area contributed by atoms with Crippen LogP contribution >= 0.6 is 0 Å². The number of unbranched alkanes of at least 4 members (excludes halogenated alkanes) is 57. The topological polar surface area (TPSA) is 111 Å². The van der Waals surface area contributed by atoms with E-state index >= 15 is 0 Å². The Morgan fingerprint density at radius 1 is 0.310 bits per heavy atom. The first-order chi connectivity index (χ1) is 41.1. The molecule has 0 radical (unpaired) electrons. The van der Waals surface area contributed by atoms with Crippen LogP contribution in [0, 0.1) is 0 Å². The summed E-state index contributed by atoms with van der Waals surface area (Å²) in [4.78, 5) is 37.5. The summed E-state index contributed by atoms with van der Waals surface area (Å²) in [7, 11) is 5.95. The number of carboxylic acids is 1. The van der Waals surface area contributed by atoms with Crippen LogP contribution in [0.15, 0.2) is 0 Å². The Kier molecular flexibility index (Phi) is 65.9. The number of ether oxygens (including phenoxy) is 4. The molecule has 9 heteroatoms. The Labute approximate surface area is 523 Å². The number of carbonyl (C=O) groups is 3. The summed E-state index contributed by atoms with van der Waals surface area (Å²) in [6.45, 7) is 4.85. The summed E-state index contributed by atoms with van der Waals surface area (Å²) in [5.74, 6) is -2.24. The molecule has 500 valence electrons. The lowest BCUT2D eigenvalue weighted by atomic mass is 10.0. The molecule has 0 N–H and O–H groups in total. The zero-order valence-electron chi connectivity index (χ0n) is 57.3. The minimum Gasteiger partial charge on any atom is -0.545 e. The SMILES string of the molecule is CCCCCCCCCCCCCCCCCCCCCCCCCCCCCCCCCCCCCC(=O)OC(COC(=O)CCCCCCCCCCCCCCCCCCCCCCCCCC)COC(OCC[N+](C)(C)C)C(=O)[O-]. The largest absolute Gasteiger partial charge is 0.545 e. The number of carboxylic acid groups (broad SMARTS) is 1. The first kappa shape index (κ1) is 82.3. The van der Waals surface area contributed by atoms with E-state index < -0.39 is 24.3 Å². The van der Waals surface area contributed by atoms with E-state index in [0.29, 0.717) is 17.4 Å². The van der Waals surface area contributed by atoms with Gasteiger partial charge in [-0.25, -0.2) is 0 Å². The van der Waals surface area contributed by atoms with Gasteiger partial charge in [0.2, 0.25) is 0 Å². The zero-order chi connectivity index (χ0) is 61.2. The van der Waals surface area contributed by atoms with Crippen molar-refractivity contribution in [2.75, 3.05) is 47.5 Å². The van der Waals surface area contributed by atoms with Crippen LogP contribution in [0.25, 0.3) is 0 Å². The number of hydrogen-bond donors (Lipinski definition) is 0. The third-order valence-corrected chi connectivity index (χ3v) is 17.6. The third-order valence-electron chi connectivity index (χ3n) is 17.6. The van der Waals surface area contributed by atoms with Crippen molar-refractivity contribution in [1.29, 1.82) is 0 Å². The molecule has 0 rings (SSSR count). The molecule has 0 aromatic carbocycles. The standard InChI is InChI=1S/C75H147NO8/c1-6-8-10-12-14-16-18-20-22-24-26-28-30-32-33-34-35-36-37-38-39-40-41-42-44-46-48-50-52-54-56-58-60-62-64-66-73(78)84-71(70-83-75(74(79)80)81-68-67-76(3,4)5)69-82-72(77)65-63-61-59-57-55-53-51-49-47-45-43-31-29-27-25-23-21-19-17-15-13-11-9-7-2/h71,75H,6-70H2,1-5H3. The predicted molar refractivity (Wildman–Crippen MR) is 357 cm³/mol. The van der Waals surface area contributed by atoms with E-state index in [4.69, 9.17) is 18.9 Å². The van der Waals surface area contributed by atoms with Crippen LogP contribution in [0.3, 0.4) is 0 Å². The molecule has 0 aromatic heterocycles. The molecule has 0 aliphatic heterocycles. The summed E-state index contributed by atoms with van der Waals surface area (Å²) in [5, 5.41) is 11.8. The molecule has 2 atom stereocenters. The number of carbonyl (C=O) groups excluding carboxylic acids is 3. The monoisotopic (exact) mass is 1190 g/mol. The average Bonchev–Trinajstić information content (AvgIpc) is 3.55. The van der Waals surface area contributed by atoms with Crippen LogP contribution in [-0.4, -0.2) is 82.3 Å². The van der Waals surface area contributed by atoms with E-state index in [1.54, 1.807) is 0 Å². The molecule has 0 bridgehead atoms. The number of esters is 2. The highest BCUT2D eigenvalue weighted by Crippen LogP contribution is 2.20. The van der Waals surface area contributed by atoms with Gasteiger partial charge in [-0.2, -0.15) is 0 Å².